The van der Waals surface area contributed by atoms with Gasteiger partial charge in [0, 0.05) is 30.9 Å². The number of aromatic hydroxyl groups is 1. The molecule has 0 unspecified atom stereocenters. The molecule has 0 aromatic heterocycles. The highest BCUT2D eigenvalue weighted by molar-refractivity contribution is 5.97. The van der Waals surface area contributed by atoms with E-state index in [0.29, 0.717) is 0 Å². The molecule has 0 saturated carbocycles. The molecule has 3 N–H and O–H groups in total. The maximum atomic E-state index is 12.0. The number of phenolic OH excluding ortho intramolecular Hbond substituents is 1. The van der Waals surface area contributed by atoms with Gasteiger partial charge in [-0.1, -0.05) is 60.7 Å². The first-order chi connectivity index (χ1) is 17.2. The first-order valence-electron chi connectivity index (χ1n) is 11.1. The lowest BCUT2D eigenvalue weighted by Crippen LogP contribution is -2.05. The minimum atomic E-state index is -1.18. The van der Waals surface area contributed by atoms with E-state index in [1.165, 1.54) is 0 Å². The van der Waals surface area contributed by atoms with Crippen LogP contribution in [0.1, 0.15) is 33.7 Å². The first-order valence-corrected chi connectivity index (χ1v) is 11.1. The van der Waals surface area contributed by atoms with Crippen LogP contribution in [-0.2, 0) is 32.0 Å². The van der Waals surface area contributed by atoms with E-state index in [1.807, 2.05) is 60.7 Å². The number of phenols is 1. The summed E-state index contributed by atoms with van der Waals surface area (Å²) in [7, 11) is 0. The van der Waals surface area contributed by atoms with E-state index in [2.05, 4.69) is 0 Å². The summed E-state index contributed by atoms with van der Waals surface area (Å²) in [6.07, 6.45) is 3.87. The van der Waals surface area contributed by atoms with Crippen molar-refractivity contribution in [3.8, 4) is 5.75 Å². The van der Waals surface area contributed by atoms with Crippen molar-refractivity contribution in [2.24, 2.45) is 0 Å². The van der Waals surface area contributed by atoms with E-state index in [1.54, 1.807) is 12.1 Å². The van der Waals surface area contributed by atoms with Crippen molar-refractivity contribution >= 4 is 23.5 Å². The van der Waals surface area contributed by atoms with E-state index in [9.17, 15) is 24.3 Å². The molecule has 3 aromatic rings. The molecule has 0 spiro atoms. The molecule has 0 bridgehead atoms. The van der Waals surface area contributed by atoms with Crippen LogP contribution in [0, 0.1) is 0 Å². The van der Waals surface area contributed by atoms with Gasteiger partial charge in [-0.25, -0.2) is 9.59 Å². The molecule has 0 heterocycles. The van der Waals surface area contributed by atoms with Crippen molar-refractivity contribution in [3.63, 3.8) is 0 Å². The van der Waals surface area contributed by atoms with Gasteiger partial charge >= 0.3 is 11.9 Å². The highest BCUT2D eigenvalue weighted by Crippen LogP contribution is 2.33. The van der Waals surface area contributed by atoms with Crippen LogP contribution in [0.5, 0.6) is 5.75 Å². The predicted octanol–water partition coefficient (Wildman–Crippen LogP) is 4.08. The van der Waals surface area contributed by atoms with Gasteiger partial charge in [-0.2, -0.15) is 0 Å². The smallest absolute Gasteiger partial charge is 0.328 e. The van der Waals surface area contributed by atoms with Crippen LogP contribution in [-0.4, -0.2) is 38.8 Å². The third-order valence-electron chi connectivity index (χ3n) is 5.43. The fourth-order valence-electron chi connectivity index (χ4n) is 3.75. The number of ketones is 2. The van der Waals surface area contributed by atoms with Gasteiger partial charge < -0.3 is 15.3 Å². The zero-order valence-electron chi connectivity index (χ0n) is 19.2. The first kappa shape index (κ1) is 25.8. The molecule has 3 rings (SSSR count). The number of rotatable bonds is 11. The second-order valence-corrected chi connectivity index (χ2v) is 8.14. The minimum Gasteiger partial charge on any atom is -0.508 e. The fourth-order valence-corrected chi connectivity index (χ4v) is 3.75. The molecule has 0 amide bonds. The Morgan fingerprint density at radius 3 is 1.22 bits per heavy atom. The van der Waals surface area contributed by atoms with Crippen LogP contribution >= 0.6 is 0 Å². The monoisotopic (exact) mass is 484 g/mol. The zero-order valence-corrected chi connectivity index (χ0v) is 19.2. The van der Waals surface area contributed by atoms with Crippen LogP contribution in [0.15, 0.2) is 97.1 Å². The lowest BCUT2D eigenvalue weighted by Gasteiger charge is -2.20. The molecule has 0 aliphatic rings. The summed E-state index contributed by atoms with van der Waals surface area (Å²) in [5.41, 5.74) is 4.28. The number of allylic oxidation sites excluding steroid dienone is 2. The average molecular weight is 485 g/mol. The Hall–Kier alpha value is -4.78. The summed E-state index contributed by atoms with van der Waals surface area (Å²) in [6.45, 7) is 0. The maximum Gasteiger partial charge on any atom is 0.328 e. The summed E-state index contributed by atoms with van der Waals surface area (Å²) in [5.74, 6) is -3.04. The highest BCUT2D eigenvalue weighted by Gasteiger charge is 2.17. The van der Waals surface area contributed by atoms with Crippen LogP contribution in [0.4, 0.5) is 0 Å². The van der Waals surface area contributed by atoms with E-state index < -0.39 is 11.9 Å². The van der Waals surface area contributed by atoms with E-state index in [4.69, 9.17) is 10.2 Å². The lowest BCUT2D eigenvalue weighted by atomic mass is 9.84. The lowest BCUT2D eigenvalue weighted by molar-refractivity contribution is -0.132. The van der Waals surface area contributed by atoms with Gasteiger partial charge in [-0.15, -0.1) is 0 Å². The van der Waals surface area contributed by atoms with Crippen molar-refractivity contribution in [1.82, 2.24) is 0 Å². The summed E-state index contributed by atoms with van der Waals surface area (Å²) in [6, 6.07) is 21.7. The normalized spacial score (nSPS) is 11.2. The van der Waals surface area contributed by atoms with Gasteiger partial charge in [0.25, 0.3) is 0 Å². The quantitative estimate of drug-likeness (QED) is 0.276. The van der Waals surface area contributed by atoms with Crippen LogP contribution < -0.4 is 0 Å². The van der Waals surface area contributed by atoms with E-state index >= 15 is 0 Å². The van der Waals surface area contributed by atoms with Gasteiger partial charge in [0.1, 0.15) is 5.75 Å². The standard InChI is InChI=1S/C29H24O7/c30-24-11-9-23(10-12-24)29(21-5-1-19(2-6-21)17-25(31)13-15-27(33)34)22-7-3-20(4-8-22)18-26(32)14-16-28(35)36/h1-16,29-30H,17-18H2,(H,33,34)(H,35,36)/b15-13+,16-14+. The number of carboxylic acids is 2. The summed E-state index contributed by atoms with van der Waals surface area (Å²) >= 11 is 0. The number of aliphatic carboxylic acids is 2. The van der Waals surface area contributed by atoms with Crippen LogP contribution in [0.2, 0.25) is 0 Å². The van der Waals surface area contributed by atoms with Crippen molar-refractivity contribution < 1.29 is 34.5 Å². The molecule has 0 fully saturated rings. The Kier molecular flexibility index (Phi) is 8.67. The third-order valence-corrected chi connectivity index (χ3v) is 5.43. The Labute approximate surface area is 207 Å². The largest absolute Gasteiger partial charge is 0.508 e. The van der Waals surface area contributed by atoms with Gasteiger partial charge in [0.2, 0.25) is 0 Å². The van der Waals surface area contributed by atoms with Crippen LogP contribution in [0.25, 0.3) is 0 Å². The van der Waals surface area contributed by atoms with E-state index in [-0.39, 0.29) is 36.1 Å². The molecule has 7 nitrogen and oxygen atoms in total. The predicted molar refractivity (Wildman–Crippen MR) is 133 cm³/mol. The van der Waals surface area contributed by atoms with Gasteiger partial charge in [-0.3, -0.25) is 9.59 Å². The topological polar surface area (TPSA) is 129 Å². The second kappa shape index (κ2) is 12.1. The molecule has 0 aliphatic heterocycles. The molecule has 0 radical (unpaired) electrons. The van der Waals surface area contributed by atoms with Crippen molar-refractivity contribution in [2.45, 2.75) is 18.8 Å². The number of hydrogen-bond donors (Lipinski definition) is 3. The Balaban J connectivity index is 1.86. The minimum absolute atomic E-state index is 0.0764. The number of benzene rings is 3. The zero-order chi connectivity index (χ0) is 26.1. The summed E-state index contributed by atoms with van der Waals surface area (Å²) in [5, 5.41) is 27.1. The van der Waals surface area contributed by atoms with Gasteiger partial charge in [0.15, 0.2) is 11.6 Å². The summed E-state index contributed by atoms with van der Waals surface area (Å²) < 4.78 is 0. The van der Waals surface area contributed by atoms with Crippen molar-refractivity contribution in [2.75, 3.05) is 0 Å². The molecular formula is C29H24O7. The Morgan fingerprint density at radius 1 is 0.556 bits per heavy atom. The molecule has 0 aliphatic carbocycles. The third kappa shape index (κ3) is 7.63. The molecule has 0 saturated heterocycles. The number of hydrogen-bond acceptors (Lipinski definition) is 5. The number of carboxylic acid groups (broad SMARTS) is 2. The molecular weight excluding hydrogens is 460 g/mol. The molecule has 0 atom stereocenters. The molecule has 3 aromatic carbocycles. The molecule has 182 valence electrons. The Morgan fingerprint density at radius 2 is 0.889 bits per heavy atom. The number of carbonyl (C=O) groups excluding carboxylic acids is 2. The highest BCUT2D eigenvalue weighted by atomic mass is 16.4. The van der Waals surface area contributed by atoms with Crippen molar-refractivity contribution in [1.29, 1.82) is 0 Å². The van der Waals surface area contributed by atoms with Gasteiger partial charge in [0.05, 0.1) is 0 Å². The van der Waals surface area contributed by atoms with Gasteiger partial charge in [-0.05, 0) is 52.1 Å². The molecule has 36 heavy (non-hydrogen) atoms. The summed E-state index contributed by atoms with van der Waals surface area (Å²) in [4.78, 5) is 45.1. The SMILES string of the molecule is O=C(O)/C=C/C(=O)Cc1ccc(C(c2ccc(O)cc2)c2ccc(CC(=O)/C=C/C(=O)O)cc2)cc1. The number of carbonyl (C=O) groups is 4. The second-order valence-electron chi connectivity index (χ2n) is 8.14. The average Bonchev–Trinajstić information content (AvgIpc) is 2.85. The molecule has 7 heteroatoms. The maximum absolute atomic E-state index is 12.0. The fraction of sp³-hybridized carbons (Fsp3) is 0.103. The van der Waals surface area contributed by atoms with Crippen LogP contribution in [0.3, 0.4) is 0 Å². The van der Waals surface area contributed by atoms with E-state index in [0.717, 1.165) is 52.1 Å². The Bertz CT molecular complexity index is 1220. The van der Waals surface area contributed by atoms with Crippen molar-refractivity contribution in [3.05, 3.63) is 125 Å².